The van der Waals surface area contributed by atoms with Gasteiger partial charge in [-0.2, -0.15) is 0 Å². The molecule has 88 valence electrons. The van der Waals surface area contributed by atoms with Crippen molar-refractivity contribution in [3.8, 4) is 0 Å². The van der Waals surface area contributed by atoms with Crippen molar-refractivity contribution in [2.45, 2.75) is 40.7 Å². The van der Waals surface area contributed by atoms with E-state index in [0.717, 1.165) is 0 Å². The van der Waals surface area contributed by atoms with Gasteiger partial charge in [0.15, 0.2) is 0 Å². The highest BCUT2D eigenvalue weighted by Crippen LogP contribution is 2.05. The van der Waals surface area contributed by atoms with Crippen molar-refractivity contribution in [3.05, 3.63) is 0 Å². The normalized spacial score (nSPS) is 12.7. The summed E-state index contributed by atoms with van der Waals surface area (Å²) in [6.45, 7) is 9.42. The molecule has 0 fully saturated rings. The van der Waals surface area contributed by atoms with E-state index in [1.165, 1.54) is 0 Å². The molecular weight excluding hydrogens is 194 g/mol. The van der Waals surface area contributed by atoms with E-state index in [0.29, 0.717) is 6.61 Å². The average molecular weight is 215 g/mol. The maximum atomic E-state index is 11.5. The smallest absolute Gasteiger partial charge is 0.328 e. The second kappa shape index (κ2) is 6.43. The van der Waals surface area contributed by atoms with E-state index >= 15 is 0 Å². The van der Waals surface area contributed by atoms with Gasteiger partial charge in [0.2, 0.25) is 5.91 Å². The molecule has 0 heterocycles. The van der Waals surface area contributed by atoms with Gasteiger partial charge in [-0.15, -0.1) is 0 Å². The topological polar surface area (TPSA) is 55.4 Å². The van der Waals surface area contributed by atoms with E-state index in [2.05, 4.69) is 5.32 Å². The number of esters is 1. The number of nitrogens with one attached hydrogen (secondary N) is 1. The molecule has 1 atom stereocenters. The van der Waals surface area contributed by atoms with Gasteiger partial charge in [-0.05, 0) is 12.8 Å². The molecule has 1 N–H and O–H groups in total. The van der Waals surface area contributed by atoms with Crippen LogP contribution in [0.25, 0.3) is 0 Å². The minimum atomic E-state index is -0.542. The number of carbonyl (C=O) groups excluding carboxylic acids is 2. The van der Waals surface area contributed by atoms with Crippen LogP contribution in [0, 0.1) is 11.8 Å². The highest BCUT2D eigenvalue weighted by atomic mass is 16.5. The molecule has 0 unspecified atom stereocenters. The van der Waals surface area contributed by atoms with Crippen LogP contribution in [0.3, 0.4) is 0 Å². The highest BCUT2D eigenvalue weighted by Gasteiger charge is 2.25. The van der Waals surface area contributed by atoms with E-state index in [9.17, 15) is 9.59 Å². The maximum absolute atomic E-state index is 11.5. The SMILES string of the molecule is CCOC(=O)[C@@H](NC(=O)C(C)C)C(C)C. The summed E-state index contributed by atoms with van der Waals surface area (Å²) in [4.78, 5) is 23.0. The summed E-state index contributed by atoms with van der Waals surface area (Å²) in [5.41, 5.74) is 0. The third kappa shape index (κ3) is 4.81. The molecule has 0 aromatic rings. The van der Waals surface area contributed by atoms with Crippen LogP contribution in [-0.4, -0.2) is 24.5 Å². The van der Waals surface area contributed by atoms with Crippen molar-refractivity contribution >= 4 is 11.9 Å². The molecule has 0 saturated carbocycles. The molecule has 0 aliphatic heterocycles. The molecule has 0 spiro atoms. The van der Waals surface area contributed by atoms with Gasteiger partial charge in [-0.1, -0.05) is 27.7 Å². The summed E-state index contributed by atoms with van der Waals surface area (Å²) in [5.74, 6) is -0.573. The molecule has 1 amide bonds. The van der Waals surface area contributed by atoms with Gasteiger partial charge < -0.3 is 10.1 Å². The molecule has 0 bridgehead atoms. The van der Waals surface area contributed by atoms with Crippen molar-refractivity contribution in [3.63, 3.8) is 0 Å². The van der Waals surface area contributed by atoms with Crippen LogP contribution in [0.1, 0.15) is 34.6 Å². The lowest BCUT2D eigenvalue weighted by atomic mass is 10.0. The van der Waals surface area contributed by atoms with Gasteiger partial charge in [0, 0.05) is 5.92 Å². The molecule has 15 heavy (non-hydrogen) atoms. The summed E-state index contributed by atoms with van der Waals surface area (Å²) in [6, 6.07) is -0.542. The third-order valence-corrected chi connectivity index (χ3v) is 2.03. The Morgan fingerprint density at radius 1 is 1.20 bits per heavy atom. The quantitative estimate of drug-likeness (QED) is 0.704. The Bertz CT molecular complexity index is 224. The first-order valence-corrected chi connectivity index (χ1v) is 5.37. The lowest BCUT2D eigenvalue weighted by molar-refractivity contribution is -0.149. The third-order valence-electron chi connectivity index (χ3n) is 2.03. The lowest BCUT2D eigenvalue weighted by Crippen LogP contribution is -2.46. The Balaban J connectivity index is 4.41. The number of amides is 1. The summed E-state index contributed by atoms with van der Waals surface area (Å²) in [5, 5.41) is 2.69. The average Bonchev–Trinajstić information content (AvgIpc) is 2.13. The Labute approximate surface area is 91.4 Å². The van der Waals surface area contributed by atoms with E-state index in [1.54, 1.807) is 20.8 Å². The van der Waals surface area contributed by atoms with E-state index < -0.39 is 6.04 Å². The van der Waals surface area contributed by atoms with Gasteiger partial charge in [-0.25, -0.2) is 4.79 Å². The first kappa shape index (κ1) is 13.9. The van der Waals surface area contributed by atoms with E-state index in [-0.39, 0.29) is 23.7 Å². The Morgan fingerprint density at radius 3 is 2.07 bits per heavy atom. The zero-order valence-electron chi connectivity index (χ0n) is 10.2. The van der Waals surface area contributed by atoms with Crippen molar-refractivity contribution in [1.82, 2.24) is 5.32 Å². The fourth-order valence-corrected chi connectivity index (χ4v) is 1.05. The van der Waals surface area contributed by atoms with E-state index in [4.69, 9.17) is 4.74 Å². The van der Waals surface area contributed by atoms with Gasteiger partial charge in [0.1, 0.15) is 6.04 Å². The molecule has 0 aliphatic carbocycles. The van der Waals surface area contributed by atoms with Crippen molar-refractivity contribution in [1.29, 1.82) is 0 Å². The zero-order chi connectivity index (χ0) is 12.0. The molecular formula is C11H21NO3. The Hall–Kier alpha value is -1.06. The van der Waals surface area contributed by atoms with Crippen LogP contribution >= 0.6 is 0 Å². The highest BCUT2D eigenvalue weighted by molar-refractivity contribution is 5.85. The van der Waals surface area contributed by atoms with Crippen LogP contribution in [-0.2, 0) is 14.3 Å². The first-order chi connectivity index (χ1) is 6.90. The molecule has 0 saturated heterocycles. The summed E-state index contributed by atoms with van der Waals surface area (Å²) in [7, 11) is 0. The van der Waals surface area contributed by atoms with Crippen LogP contribution in [0.2, 0.25) is 0 Å². The molecule has 0 aliphatic rings. The minimum Gasteiger partial charge on any atom is -0.464 e. The molecule has 4 nitrogen and oxygen atoms in total. The first-order valence-electron chi connectivity index (χ1n) is 5.37. The second-order valence-electron chi connectivity index (χ2n) is 4.14. The van der Waals surface area contributed by atoms with Gasteiger partial charge in [0.25, 0.3) is 0 Å². The molecule has 0 radical (unpaired) electrons. The fraction of sp³-hybridized carbons (Fsp3) is 0.818. The van der Waals surface area contributed by atoms with Gasteiger partial charge in [-0.3, -0.25) is 4.79 Å². The molecule has 0 aromatic carbocycles. The second-order valence-corrected chi connectivity index (χ2v) is 4.14. The van der Waals surface area contributed by atoms with Gasteiger partial charge >= 0.3 is 5.97 Å². The minimum absolute atomic E-state index is 0.0340. The summed E-state index contributed by atoms with van der Waals surface area (Å²) in [6.07, 6.45) is 0. The molecule has 0 rings (SSSR count). The standard InChI is InChI=1S/C11H21NO3/c1-6-15-11(14)9(7(2)3)12-10(13)8(4)5/h7-9H,6H2,1-5H3,(H,12,13)/t9-/m0/s1. The number of hydrogen-bond acceptors (Lipinski definition) is 3. The number of carbonyl (C=O) groups is 2. The number of ether oxygens (including phenoxy) is 1. The predicted molar refractivity (Wildman–Crippen MR) is 58.2 cm³/mol. The molecule has 0 aromatic heterocycles. The molecule has 4 heteroatoms. The monoisotopic (exact) mass is 215 g/mol. The van der Waals surface area contributed by atoms with Crippen molar-refractivity contribution < 1.29 is 14.3 Å². The number of rotatable bonds is 5. The largest absolute Gasteiger partial charge is 0.464 e. The summed E-state index contributed by atoms with van der Waals surface area (Å²) < 4.78 is 4.89. The fourth-order valence-electron chi connectivity index (χ4n) is 1.05. The Morgan fingerprint density at radius 2 is 1.73 bits per heavy atom. The van der Waals surface area contributed by atoms with E-state index in [1.807, 2.05) is 13.8 Å². The zero-order valence-corrected chi connectivity index (χ0v) is 10.2. The summed E-state index contributed by atoms with van der Waals surface area (Å²) >= 11 is 0. The maximum Gasteiger partial charge on any atom is 0.328 e. The predicted octanol–water partition coefficient (Wildman–Crippen LogP) is 1.35. The van der Waals surface area contributed by atoms with Gasteiger partial charge in [0.05, 0.1) is 6.61 Å². The Kier molecular flexibility index (Phi) is 5.97. The van der Waals surface area contributed by atoms with Crippen LogP contribution in [0.4, 0.5) is 0 Å². The van der Waals surface area contributed by atoms with Crippen molar-refractivity contribution in [2.24, 2.45) is 11.8 Å². The van der Waals surface area contributed by atoms with Crippen molar-refractivity contribution in [2.75, 3.05) is 6.61 Å². The lowest BCUT2D eigenvalue weighted by Gasteiger charge is -2.21. The van der Waals surface area contributed by atoms with Crippen LogP contribution in [0.15, 0.2) is 0 Å². The van der Waals surface area contributed by atoms with Crippen LogP contribution in [0.5, 0.6) is 0 Å². The van der Waals surface area contributed by atoms with Crippen LogP contribution < -0.4 is 5.32 Å². The number of hydrogen-bond donors (Lipinski definition) is 1.